The molecule has 11 heteroatoms. The Kier molecular flexibility index (Phi) is 5.30. The van der Waals surface area contributed by atoms with Crippen molar-refractivity contribution in [2.75, 3.05) is 24.6 Å². The molecule has 0 bridgehead atoms. The monoisotopic (exact) mass is 504 g/mol. The van der Waals surface area contributed by atoms with Crippen LogP contribution in [0.1, 0.15) is 21.1 Å². The summed E-state index contributed by atoms with van der Waals surface area (Å²) >= 11 is 1.35. The van der Waals surface area contributed by atoms with Crippen LogP contribution in [-0.4, -0.2) is 68.6 Å². The molecule has 0 saturated carbocycles. The van der Waals surface area contributed by atoms with Crippen LogP contribution < -0.4 is 0 Å². The summed E-state index contributed by atoms with van der Waals surface area (Å²) in [4.78, 5) is 20.2. The molecule has 1 aliphatic rings. The predicted octanol–water partition coefficient (Wildman–Crippen LogP) is 2.86. The Hall–Kier alpha value is -3.70. The molecule has 0 unspecified atom stereocenters. The number of hydrogen-bond donors (Lipinski definition) is 0. The van der Waals surface area contributed by atoms with Crippen molar-refractivity contribution < 1.29 is 13.2 Å². The van der Waals surface area contributed by atoms with Crippen LogP contribution in [-0.2, 0) is 16.3 Å². The number of sulfone groups is 1. The van der Waals surface area contributed by atoms with E-state index in [1.807, 2.05) is 42.5 Å². The van der Waals surface area contributed by atoms with Gasteiger partial charge in [-0.1, -0.05) is 12.1 Å². The summed E-state index contributed by atoms with van der Waals surface area (Å²) in [6.07, 6.45) is 2.34. The van der Waals surface area contributed by atoms with Gasteiger partial charge in [0.25, 0.3) is 5.91 Å². The molecule has 4 aromatic heterocycles. The topological polar surface area (TPSA) is 110 Å². The normalized spacial score (nSPS) is 15.6. The maximum atomic E-state index is 12.9. The summed E-state index contributed by atoms with van der Waals surface area (Å²) in [5.41, 5.74) is 3.39. The van der Waals surface area contributed by atoms with Crippen LogP contribution in [0.5, 0.6) is 0 Å². The number of rotatable bonds is 4. The molecule has 1 aromatic carbocycles. The van der Waals surface area contributed by atoms with Gasteiger partial charge in [-0.2, -0.15) is 9.61 Å². The SMILES string of the molecule is O=C(c1ccc(-c2ccc3nnc(Cc4ccc5ncccc5c4)n3n2)s1)N1CCS(=O)(=O)CC1. The molecule has 6 rings (SSSR count). The molecule has 9 nitrogen and oxygen atoms in total. The fourth-order valence-electron chi connectivity index (χ4n) is 4.15. The van der Waals surface area contributed by atoms with Gasteiger partial charge in [0.2, 0.25) is 0 Å². The van der Waals surface area contributed by atoms with E-state index < -0.39 is 9.84 Å². The van der Waals surface area contributed by atoms with E-state index in [-0.39, 0.29) is 30.5 Å². The molecule has 1 saturated heterocycles. The van der Waals surface area contributed by atoms with Gasteiger partial charge in [-0.25, -0.2) is 8.42 Å². The molecule has 0 atom stereocenters. The highest BCUT2D eigenvalue weighted by atomic mass is 32.2. The Morgan fingerprint density at radius 3 is 2.71 bits per heavy atom. The fourth-order valence-corrected chi connectivity index (χ4v) is 6.29. The highest BCUT2D eigenvalue weighted by molar-refractivity contribution is 7.91. The van der Waals surface area contributed by atoms with Gasteiger partial charge in [0.15, 0.2) is 21.3 Å². The number of nitrogens with zero attached hydrogens (tertiary/aromatic N) is 6. The standard InChI is InChI=1S/C24H20N6O3S2/c31-24(29-10-12-35(32,33)13-11-29)21-7-6-20(34-21)19-5-8-22-26-27-23(30(22)28-19)15-16-3-4-18-17(14-16)2-1-9-25-18/h1-9,14H,10-13,15H2. The zero-order chi connectivity index (χ0) is 24.0. The number of aromatic nitrogens is 5. The molecule has 176 valence electrons. The number of carbonyl (C=O) groups excluding carboxylic acids is 1. The van der Waals surface area contributed by atoms with Crippen molar-refractivity contribution in [3.63, 3.8) is 0 Å². The zero-order valence-corrected chi connectivity index (χ0v) is 20.2. The first-order valence-corrected chi connectivity index (χ1v) is 13.7. The summed E-state index contributed by atoms with van der Waals surface area (Å²) in [5, 5.41) is 14.4. The molecular formula is C24H20N6O3S2. The number of amides is 1. The molecule has 1 amide bonds. The van der Waals surface area contributed by atoms with Gasteiger partial charge >= 0.3 is 0 Å². The Labute approximate surface area is 205 Å². The van der Waals surface area contributed by atoms with Gasteiger partial charge in [-0.3, -0.25) is 9.78 Å². The summed E-state index contributed by atoms with van der Waals surface area (Å²) in [6, 6.07) is 17.4. The van der Waals surface area contributed by atoms with Crippen LogP contribution in [0.15, 0.2) is 60.8 Å². The number of carbonyl (C=O) groups is 1. The van der Waals surface area contributed by atoms with E-state index >= 15 is 0 Å². The first-order valence-electron chi connectivity index (χ1n) is 11.1. The van der Waals surface area contributed by atoms with Crippen LogP contribution in [0.2, 0.25) is 0 Å². The van der Waals surface area contributed by atoms with Gasteiger partial charge < -0.3 is 4.90 Å². The third-order valence-corrected chi connectivity index (χ3v) is 8.76. The first kappa shape index (κ1) is 21.8. The molecule has 0 N–H and O–H groups in total. The lowest BCUT2D eigenvalue weighted by molar-refractivity contribution is 0.0775. The van der Waals surface area contributed by atoms with Gasteiger partial charge in [0.05, 0.1) is 26.8 Å². The van der Waals surface area contributed by atoms with Crippen LogP contribution in [0.25, 0.3) is 27.1 Å². The van der Waals surface area contributed by atoms with Crippen molar-refractivity contribution in [3.8, 4) is 10.6 Å². The minimum Gasteiger partial charge on any atom is -0.336 e. The maximum absolute atomic E-state index is 12.9. The lowest BCUT2D eigenvalue weighted by Gasteiger charge is -2.26. The zero-order valence-electron chi connectivity index (χ0n) is 18.5. The van der Waals surface area contributed by atoms with E-state index in [4.69, 9.17) is 5.10 Å². The number of benzene rings is 1. The van der Waals surface area contributed by atoms with Crippen LogP contribution in [0.4, 0.5) is 0 Å². The molecule has 0 spiro atoms. The summed E-state index contributed by atoms with van der Waals surface area (Å²) < 4.78 is 25.1. The van der Waals surface area contributed by atoms with Crippen molar-refractivity contribution in [2.24, 2.45) is 0 Å². The largest absolute Gasteiger partial charge is 0.336 e. The molecule has 5 aromatic rings. The van der Waals surface area contributed by atoms with Crippen molar-refractivity contribution in [1.82, 2.24) is 29.7 Å². The minimum absolute atomic E-state index is 0.0132. The summed E-state index contributed by atoms with van der Waals surface area (Å²) in [5.74, 6) is 0.596. The van der Waals surface area contributed by atoms with Crippen molar-refractivity contribution in [1.29, 1.82) is 0 Å². The van der Waals surface area contributed by atoms with Crippen molar-refractivity contribution in [2.45, 2.75) is 6.42 Å². The smallest absolute Gasteiger partial charge is 0.264 e. The second kappa shape index (κ2) is 8.51. The number of fused-ring (bicyclic) bond motifs is 2. The Balaban J connectivity index is 1.26. The molecule has 0 radical (unpaired) electrons. The van der Waals surface area contributed by atoms with E-state index in [0.717, 1.165) is 21.3 Å². The lowest BCUT2D eigenvalue weighted by Crippen LogP contribution is -2.43. The quantitative estimate of drug-likeness (QED) is 0.370. The second-order valence-corrected chi connectivity index (χ2v) is 11.8. The molecule has 1 fully saturated rings. The highest BCUT2D eigenvalue weighted by Crippen LogP contribution is 2.28. The minimum atomic E-state index is -3.04. The fraction of sp³-hybridized carbons (Fsp3) is 0.208. The lowest BCUT2D eigenvalue weighted by atomic mass is 10.1. The predicted molar refractivity (Wildman–Crippen MR) is 133 cm³/mol. The van der Waals surface area contributed by atoms with E-state index in [1.54, 1.807) is 21.7 Å². The van der Waals surface area contributed by atoms with Crippen LogP contribution in [0, 0.1) is 0 Å². The molecule has 5 heterocycles. The number of thiophene rings is 1. The van der Waals surface area contributed by atoms with Gasteiger partial charge in [0.1, 0.15) is 5.69 Å². The van der Waals surface area contributed by atoms with Gasteiger partial charge in [0, 0.05) is 31.1 Å². The van der Waals surface area contributed by atoms with Gasteiger partial charge in [-0.05, 0) is 48.0 Å². The Morgan fingerprint density at radius 2 is 1.86 bits per heavy atom. The van der Waals surface area contributed by atoms with Crippen molar-refractivity contribution >= 4 is 43.6 Å². The molecule has 0 aliphatic carbocycles. The molecular weight excluding hydrogens is 484 g/mol. The third-order valence-electron chi connectivity index (χ3n) is 6.06. The highest BCUT2D eigenvalue weighted by Gasteiger charge is 2.26. The number of hydrogen-bond acceptors (Lipinski definition) is 8. The Bertz CT molecular complexity index is 1680. The van der Waals surface area contributed by atoms with E-state index in [1.165, 1.54) is 11.3 Å². The molecule has 35 heavy (non-hydrogen) atoms. The summed E-state index contributed by atoms with van der Waals surface area (Å²) in [7, 11) is -3.04. The van der Waals surface area contributed by atoms with Crippen LogP contribution in [0.3, 0.4) is 0 Å². The number of pyridine rings is 1. The summed E-state index contributed by atoms with van der Waals surface area (Å²) in [6.45, 7) is 0.459. The van der Waals surface area contributed by atoms with E-state index in [2.05, 4.69) is 21.2 Å². The van der Waals surface area contributed by atoms with E-state index in [0.29, 0.717) is 28.5 Å². The third kappa shape index (κ3) is 4.28. The van der Waals surface area contributed by atoms with Crippen LogP contribution >= 0.6 is 11.3 Å². The van der Waals surface area contributed by atoms with Gasteiger partial charge in [-0.15, -0.1) is 21.5 Å². The van der Waals surface area contributed by atoms with E-state index in [9.17, 15) is 13.2 Å². The first-order chi connectivity index (χ1) is 16.9. The second-order valence-electron chi connectivity index (χ2n) is 8.42. The Morgan fingerprint density at radius 1 is 1.00 bits per heavy atom. The average Bonchev–Trinajstić information content (AvgIpc) is 3.51. The average molecular weight is 505 g/mol. The van der Waals surface area contributed by atoms with Crippen molar-refractivity contribution in [3.05, 3.63) is 77.1 Å². The molecule has 1 aliphatic heterocycles. The maximum Gasteiger partial charge on any atom is 0.264 e.